The van der Waals surface area contributed by atoms with E-state index in [1.807, 2.05) is 24.3 Å². The maximum atomic E-state index is 9.18. The van der Waals surface area contributed by atoms with Crippen molar-refractivity contribution in [2.45, 2.75) is 13.0 Å². The molecule has 4 heteroatoms. The van der Waals surface area contributed by atoms with Crippen LogP contribution in [0.1, 0.15) is 11.1 Å². The van der Waals surface area contributed by atoms with Crippen LogP contribution >= 0.6 is 0 Å². The molecule has 0 radical (unpaired) electrons. The fourth-order valence-corrected chi connectivity index (χ4v) is 2.21. The van der Waals surface area contributed by atoms with Gasteiger partial charge in [0.15, 0.2) is 0 Å². The Morgan fingerprint density at radius 2 is 1.65 bits per heavy atom. The average molecular weight is 269 g/mol. The number of nitrogens with zero attached hydrogens (tertiary/aromatic N) is 1. The minimum atomic E-state index is -1.40. The summed E-state index contributed by atoms with van der Waals surface area (Å²) in [5, 5.41) is 18.4. The van der Waals surface area contributed by atoms with E-state index in [-0.39, 0.29) is 0 Å². The Hall–Kier alpha value is -1.62. The van der Waals surface area contributed by atoms with E-state index in [4.69, 9.17) is 0 Å². The number of likely N-dealkylation sites (N-methyl/N-ethyl adjacent to an activating group) is 1. The molecule has 3 nitrogen and oxygen atoms in total. The quantitative estimate of drug-likeness (QED) is 0.770. The molecular formula is C16H20BNO2. The van der Waals surface area contributed by atoms with Crippen LogP contribution in [-0.2, 0) is 13.0 Å². The van der Waals surface area contributed by atoms with Crippen molar-refractivity contribution in [1.82, 2.24) is 4.90 Å². The van der Waals surface area contributed by atoms with Crippen molar-refractivity contribution in [3.63, 3.8) is 0 Å². The highest BCUT2D eigenvalue weighted by atomic mass is 16.4. The van der Waals surface area contributed by atoms with Gasteiger partial charge in [0, 0.05) is 13.1 Å². The van der Waals surface area contributed by atoms with Crippen molar-refractivity contribution < 1.29 is 10.0 Å². The third-order valence-electron chi connectivity index (χ3n) is 3.33. The summed E-state index contributed by atoms with van der Waals surface area (Å²) in [5.41, 5.74) is 2.96. The minimum Gasteiger partial charge on any atom is -0.423 e. The third-order valence-corrected chi connectivity index (χ3v) is 3.33. The fraction of sp³-hybridized carbons (Fsp3) is 0.250. The minimum absolute atomic E-state index is 0.541. The Morgan fingerprint density at radius 1 is 0.950 bits per heavy atom. The highest BCUT2D eigenvalue weighted by Crippen LogP contribution is 2.05. The lowest BCUT2D eigenvalue weighted by Crippen LogP contribution is -2.30. The largest absolute Gasteiger partial charge is 0.488 e. The van der Waals surface area contributed by atoms with E-state index in [2.05, 4.69) is 36.2 Å². The monoisotopic (exact) mass is 269 g/mol. The van der Waals surface area contributed by atoms with E-state index < -0.39 is 7.12 Å². The molecule has 2 rings (SSSR count). The van der Waals surface area contributed by atoms with Crippen molar-refractivity contribution in [2.75, 3.05) is 13.6 Å². The van der Waals surface area contributed by atoms with Crippen molar-refractivity contribution in [1.29, 1.82) is 0 Å². The number of hydrogen-bond donors (Lipinski definition) is 2. The summed E-state index contributed by atoms with van der Waals surface area (Å²) in [6.45, 7) is 1.77. The molecule has 0 fully saturated rings. The van der Waals surface area contributed by atoms with Crippen LogP contribution in [0.5, 0.6) is 0 Å². The van der Waals surface area contributed by atoms with Gasteiger partial charge in [-0.3, -0.25) is 0 Å². The Labute approximate surface area is 120 Å². The van der Waals surface area contributed by atoms with Crippen LogP contribution in [0.15, 0.2) is 54.6 Å². The first-order chi connectivity index (χ1) is 9.65. The molecule has 0 amide bonds. The summed E-state index contributed by atoms with van der Waals surface area (Å²) < 4.78 is 0. The van der Waals surface area contributed by atoms with Gasteiger partial charge in [0.2, 0.25) is 0 Å². The van der Waals surface area contributed by atoms with Crippen molar-refractivity contribution in [2.24, 2.45) is 0 Å². The average Bonchev–Trinajstić information content (AvgIpc) is 2.46. The van der Waals surface area contributed by atoms with Crippen LogP contribution < -0.4 is 5.46 Å². The Bertz CT molecular complexity index is 531. The summed E-state index contributed by atoms with van der Waals surface area (Å²) in [5.74, 6) is 0. The molecule has 2 aromatic carbocycles. The molecule has 2 N–H and O–H groups in total. The van der Waals surface area contributed by atoms with Gasteiger partial charge in [-0.25, -0.2) is 0 Å². The number of benzene rings is 2. The molecule has 0 aliphatic rings. The van der Waals surface area contributed by atoms with Gasteiger partial charge in [-0.2, -0.15) is 0 Å². The van der Waals surface area contributed by atoms with Gasteiger partial charge in [-0.1, -0.05) is 54.6 Å². The molecule has 0 bridgehead atoms. The Balaban J connectivity index is 1.88. The molecule has 104 valence electrons. The summed E-state index contributed by atoms with van der Waals surface area (Å²) in [6, 6.07) is 17.8. The van der Waals surface area contributed by atoms with Crippen molar-refractivity contribution in [3.8, 4) is 0 Å². The molecule has 0 aliphatic heterocycles. The van der Waals surface area contributed by atoms with Gasteiger partial charge in [-0.05, 0) is 30.1 Å². The van der Waals surface area contributed by atoms with Crippen LogP contribution in [0.3, 0.4) is 0 Å². The summed E-state index contributed by atoms with van der Waals surface area (Å²) in [7, 11) is 0.676. The Morgan fingerprint density at radius 3 is 2.35 bits per heavy atom. The first kappa shape index (κ1) is 14.8. The summed E-state index contributed by atoms with van der Waals surface area (Å²) in [4.78, 5) is 2.23. The van der Waals surface area contributed by atoms with E-state index in [1.54, 1.807) is 6.07 Å². The zero-order chi connectivity index (χ0) is 14.4. The van der Waals surface area contributed by atoms with E-state index >= 15 is 0 Å². The molecule has 0 spiro atoms. The second-order valence-electron chi connectivity index (χ2n) is 5.09. The molecule has 0 aromatic heterocycles. The van der Waals surface area contributed by atoms with E-state index in [0.717, 1.165) is 25.1 Å². The first-order valence-electron chi connectivity index (χ1n) is 6.82. The van der Waals surface area contributed by atoms with E-state index in [1.165, 1.54) is 5.56 Å². The highest BCUT2D eigenvalue weighted by Gasteiger charge is 2.11. The molecule has 20 heavy (non-hydrogen) atoms. The first-order valence-corrected chi connectivity index (χ1v) is 6.82. The summed E-state index contributed by atoms with van der Waals surface area (Å²) >= 11 is 0. The molecule has 0 atom stereocenters. The smallest absolute Gasteiger partial charge is 0.423 e. The second-order valence-corrected chi connectivity index (χ2v) is 5.09. The van der Waals surface area contributed by atoms with Gasteiger partial charge < -0.3 is 14.9 Å². The number of hydrogen-bond acceptors (Lipinski definition) is 3. The lowest BCUT2D eigenvalue weighted by Gasteiger charge is -2.17. The zero-order valence-electron chi connectivity index (χ0n) is 11.7. The van der Waals surface area contributed by atoms with Crippen LogP contribution in [0.4, 0.5) is 0 Å². The normalized spacial score (nSPS) is 10.8. The zero-order valence-corrected chi connectivity index (χ0v) is 11.7. The van der Waals surface area contributed by atoms with Crippen LogP contribution in [0.25, 0.3) is 0 Å². The maximum absolute atomic E-state index is 9.18. The van der Waals surface area contributed by atoms with Gasteiger partial charge in [0.25, 0.3) is 0 Å². The standard InChI is InChI=1S/C16H20BNO2/c1-18(11-10-14-6-3-2-4-7-14)13-15-8-5-9-16(12-15)17(19)20/h2-9,12,19-20H,10-11,13H2,1H3. The lowest BCUT2D eigenvalue weighted by molar-refractivity contribution is 0.331. The van der Waals surface area contributed by atoms with Gasteiger partial charge in [0.1, 0.15) is 0 Å². The number of rotatable bonds is 6. The molecule has 0 heterocycles. The van der Waals surface area contributed by atoms with Gasteiger partial charge in [0.05, 0.1) is 0 Å². The van der Waals surface area contributed by atoms with Crippen molar-refractivity contribution in [3.05, 3.63) is 65.7 Å². The summed E-state index contributed by atoms with van der Waals surface area (Å²) in [6.07, 6.45) is 1.01. The molecule has 0 saturated carbocycles. The Kier molecular flexibility index (Phi) is 5.36. The molecular weight excluding hydrogens is 249 g/mol. The SMILES string of the molecule is CN(CCc1ccccc1)Cc1cccc(B(O)O)c1. The highest BCUT2D eigenvalue weighted by molar-refractivity contribution is 6.58. The molecule has 0 aliphatic carbocycles. The van der Waals surface area contributed by atoms with E-state index in [9.17, 15) is 10.0 Å². The lowest BCUT2D eigenvalue weighted by atomic mass is 9.79. The van der Waals surface area contributed by atoms with Gasteiger partial charge in [-0.15, -0.1) is 0 Å². The molecule has 0 saturated heterocycles. The van der Waals surface area contributed by atoms with Crippen LogP contribution in [0, 0.1) is 0 Å². The maximum Gasteiger partial charge on any atom is 0.488 e. The predicted octanol–water partition coefficient (Wildman–Crippen LogP) is 1.04. The van der Waals surface area contributed by atoms with Crippen molar-refractivity contribution >= 4 is 12.6 Å². The van der Waals surface area contributed by atoms with Crippen LogP contribution in [0.2, 0.25) is 0 Å². The van der Waals surface area contributed by atoms with E-state index in [0.29, 0.717) is 5.46 Å². The second kappa shape index (κ2) is 7.24. The predicted molar refractivity (Wildman–Crippen MR) is 82.7 cm³/mol. The topological polar surface area (TPSA) is 43.7 Å². The van der Waals surface area contributed by atoms with Gasteiger partial charge >= 0.3 is 7.12 Å². The molecule has 0 unspecified atom stereocenters. The fourth-order valence-electron chi connectivity index (χ4n) is 2.21. The molecule has 2 aromatic rings. The van der Waals surface area contributed by atoms with Crippen LogP contribution in [-0.4, -0.2) is 35.7 Å². The third kappa shape index (κ3) is 4.49.